The highest BCUT2D eigenvalue weighted by molar-refractivity contribution is 5.10. The Balaban J connectivity index is 1.62. The minimum Gasteiger partial charge on any atom is -0.381 e. The van der Waals surface area contributed by atoms with E-state index in [2.05, 4.69) is 27.7 Å². The SMILES string of the molecule is CCOC[C@]12CCC(C)C[C@@H]1CC[C@H]1[C@@H]3CC[C@H](CC)[C@@]3(C)CC[C@@H]12. The lowest BCUT2D eigenvalue weighted by atomic mass is 9.44. The Morgan fingerprint density at radius 3 is 2.52 bits per heavy atom. The van der Waals surface area contributed by atoms with Crippen molar-refractivity contribution in [3.63, 3.8) is 0 Å². The van der Waals surface area contributed by atoms with Crippen LogP contribution in [0.5, 0.6) is 0 Å². The van der Waals surface area contributed by atoms with Gasteiger partial charge in [-0.3, -0.25) is 0 Å². The van der Waals surface area contributed by atoms with Crippen LogP contribution in [0.1, 0.15) is 91.9 Å². The fourth-order valence-electron chi connectivity index (χ4n) is 8.62. The standard InChI is InChI=1S/C24H42O/c1-5-18-8-10-21-20-9-7-19-15-17(3)11-14-24(19,16-25-6-2)22(20)12-13-23(18,21)4/h17-22H,5-16H2,1-4H3/t17?,18-,19-,20-,21-,22-,23+,24+/m0/s1. The first-order valence-electron chi connectivity index (χ1n) is 11.6. The van der Waals surface area contributed by atoms with Crippen molar-refractivity contribution in [3.05, 3.63) is 0 Å². The molecule has 0 radical (unpaired) electrons. The van der Waals surface area contributed by atoms with Crippen LogP contribution >= 0.6 is 0 Å². The zero-order valence-electron chi connectivity index (χ0n) is 17.4. The second kappa shape index (κ2) is 6.84. The Labute approximate surface area is 156 Å². The van der Waals surface area contributed by atoms with Gasteiger partial charge >= 0.3 is 0 Å². The first-order valence-corrected chi connectivity index (χ1v) is 11.6. The van der Waals surface area contributed by atoms with Crippen LogP contribution in [0.25, 0.3) is 0 Å². The molecule has 0 aliphatic heterocycles. The van der Waals surface area contributed by atoms with Crippen molar-refractivity contribution >= 4 is 0 Å². The van der Waals surface area contributed by atoms with Gasteiger partial charge in [0.05, 0.1) is 6.61 Å². The van der Waals surface area contributed by atoms with Gasteiger partial charge in [-0.15, -0.1) is 0 Å². The van der Waals surface area contributed by atoms with Crippen LogP contribution < -0.4 is 0 Å². The van der Waals surface area contributed by atoms with E-state index in [-0.39, 0.29) is 0 Å². The minimum atomic E-state index is 0.539. The summed E-state index contributed by atoms with van der Waals surface area (Å²) >= 11 is 0. The van der Waals surface area contributed by atoms with E-state index in [1.54, 1.807) is 0 Å². The summed E-state index contributed by atoms with van der Waals surface area (Å²) in [6.07, 6.45) is 14.9. The van der Waals surface area contributed by atoms with Crippen molar-refractivity contribution in [2.75, 3.05) is 13.2 Å². The molecule has 1 nitrogen and oxygen atoms in total. The minimum absolute atomic E-state index is 0.539. The van der Waals surface area contributed by atoms with Crippen LogP contribution in [-0.2, 0) is 4.74 Å². The predicted octanol–water partition coefficient (Wildman–Crippen LogP) is 6.71. The average molecular weight is 347 g/mol. The summed E-state index contributed by atoms with van der Waals surface area (Å²) in [4.78, 5) is 0. The van der Waals surface area contributed by atoms with E-state index in [0.717, 1.165) is 48.7 Å². The molecule has 0 aromatic carbocycles. The van der Waals surface area contributed by atoms with E-state index in [4.69, 9.17) is 4.74 Å². The Hall–Kier alpha value is -0.0400. The monoisotopic (exact) mass is 346 g/mol. The molecule has 0 N–H and O–H groups in total. The molecular weight excluding hydrogens is 304 g/mol. The number of rotatable bonds is 4. The molecule has 4 saturated carbocycles. The summed E-state index contributed by atoms with van der Waals surface area (Å²) in [6.45, 7) is 11.8. The van der Waals surface area contributed by atoms with Gasteiger partial charge in [-0.1, -0.05) is 33.6 Å². The van der Waals surface area contributed by atoms with E-state index in [9.17, 15) is 0 Å². The van der Waals surface area contributed by atoms with Gasteiger partial charge in [-0.05, 0) is 105 Å². The first-order chi connectivity index (χ1) is 12.0. The predicted molar refractivity (Wildman–Crippen MR) is 105 cm³/mol. The van der Waals surface area contributed by atoms with Gasteiger partial charge in [-0.25, -0.2) is 0 Å². The molecule has 0 aromatic heterocycles. The van der Waals surface area contributed by atoms with Crippen LogP contribution in [0.3, 0.4) is 0 Å². The highest BCUT2D eigenvalue weighted by Gasteiger charge is 2.61. The molecule has 4 aliphatic carbocycles. The largest absolute Gasteiger partial charge is 0.381 e. The Morgan fingerprint density at radius 2 is 1.76 bits per heavy atom. The Bertz CT molecular complexity index is 469. The second-order valence-corrected chi connectivity index (χ2v) is 10.6. The smallest absolute Gasteiger partial charge is 0.0527 e. The number of hydrogen-bond acceptors (Lipinski definition) is 1. The van der Waals surface area contributed by atoms with Crippen LogP contribution in [0.4, 0.5) is 0 Å². The molecule has 1 heteroatoms. The molecule has 4 fully saturated rings. The maximum Gasteiger partial charge on any atom is 0.0527 e. The molecule has 1 unspecified atom stereocenters. The third-order valence-corrected chi connectivity index (χ3v) is 9.89. The van der Waals surface area contributed by atoms with Crippen molar-refractivity contribution in [1.82, 2.24) is 0 Å². The maximum absolute atomic E-state index is 6.20. The second-order valence-electron chi connectivity index (χ2n) is 10.6. The molecule has 0 amide bonds. The number of ether oxygens (including phenoxy) is 1. The van der Waals surface area contributed by atoms with E-state index in [1.807, 2.05) is 0 Å². The van der Waals surface area contributed by atoms with Crippen molar-refractivity contribution in [2.24, 2.45) is 46.3 Å². The number of hydrogen-bond donors (Lipinski definition) is 0. The lowest BCUT2D eigenvalue weighted by molar-refractivity contribution is -0.154. The summed E-state index contributed by atoms with van der Waals surface area (Å²) in [5.74, 6) is 5.91. The fourth-order valence-corrected chi connectivity index (χ4v) is 8.62. The van der Waals surface area contributed by atoms with Gasteiger partial charge in [0.25, 0.3) is 0 Å². The van der Waals surface area contributed by atoms with Gasteiger partial charge in [0, 0.05) is 6.61 Å². The molecular formula is C24H42O. The normalized spacial score (nSPS) is 52.3. The zero-order valence-corrected chi connectivity index (χ0v) is 17.4. The fraction of sp³-hybridized carbons (Fsp3) is 1.00. The maximum atomic E-state index is 6.20. The highest BCUT2D eigenvalue weighted by Crippen LogP contribution is 2.68. The summed E-state index contributed by atoms with van der Waals surface area (Å²) in [6, 6.07) is 0. The van der Waals surface area contributed by atoms with Crippen molar-refractivity contribution < 1.29 is 4.74 Å². The van der Waals surface area contributed by atoms with Crippen molar-refractivity contribution in [3.8, 4) is 0 Å². The average Bonchev–Trinajstić information content (AvgIpc) is 2.96. The van der Waals surface area contributed by atoms with Crippen LogP contribution in [0.15, 0.2) is 0 Å². The van der Waals surface area contributed by atoms with Gasteiger partial charge in [0.2, 0.25) is 0 Å². The molecule has 8 atom stereocenters. The Morgan fingerprint density at radius 1 is 0.920 bits per heavy atom. The summed E-state index contributed by atoms with van der Waals surface area (Å²) in [5.41, 5.74) is 1.20. The van der Waals surface area contributed by atoms with Gasteiger partial charge in [-0.2, -0.15) is 0 Å². The third kappa shape index (κ3) is 2.74. The zero-order chi connectivity index (χ0) is 17.7. The van der Waals surface area contributed by atoms with Crippen LogP contribution in [0, 0.1) is 46.3 Å². The molecule has 4 aliphatic rings. The molecule has 25 heavy (non-hydrogen) atoms. The molecule has 4 rings (SSSR count). The molecule has 144 valence electrons. The molecule has 0 aromatic rings. The van der Waals surface area contributed by atoms with Crippen LogP contribution in [0.2, 0.25) is 0 Å². The summed E-state index contributed by atoms with van der Waals surface area (Å²) < 4.78 is 6.20. The molecule has 0 bridgehead atoms. The summed E-state index contributed by atoms with van der Waals surface area (Å²) in [5, 5.41) is 0. The van der Waals surface area contributed by atoms with E-state index in [0.29, 0.717) is 10.8 Å². The number of fused-ring (bicyclic) bond motifs is 5. The van der Waals surface area contributed by atoms with E-state index in [1.165, 1.54) is 64.2 Å². The lowest BCUT2D eigenvalue weighted by Gasteiger charge is -2.62. The highest BCUT2D eigenvalue weighted by atomic mass is 16.5. The van der Waals surface area contributed by atoms with Gasteiger partial charge in [0.15, 0.2) is 0 Å². The van der Waals surface area contributed by atoms with Gasteiger partial charge in [0.1, 0.15) is 0 Å². The molecule has 0 heterocycles. The quantitative estimate of drug-likeness (QED) is 0.550. The van der Waals surface area contributed by atoms with Crippen molar-refractivity contribution in [2.45, 2.75) is 91.9 Å². The molecule has 0 spiro atoms. The topological polar surface area (TPSA) is 9.23 Å². The third-order valence-electron chi connectivity index (χ3n) is 9.89. The Kier molecular flexibility index (Phi) is 5.02. The lowest BCUT2D eigenvalue weighted by Crippen LogP contribution is -2.56. The van der Waals surface area contributed by atoms with E-state index < -0.39 is 0 Å². The van der Waals surface area contributed by atoms with Crippen molar-refractivity contribution in [1.29, 1.82) is 0 Å². The first kappa shape index (κ1) is 18.3. The van der Waals surface area contributed by atoms with E-state index >= 15 is 0 Å². The van der Waals surface area contributed by atoms with Gasteiger partial charge < -0.3 is 4.74 Å². The van der Waals surface area contributed by atoms with Crippen LogP contribution in [-0.4, -0.2) is 13.2 Å². The summed E-state index contributed by atoms with van der Waals surface area (Å²) in [7, 11) is 0. The molecule has 0 saturated heterocycles.